The first-order chi connectivity index (χ1) is 59.0. The summed E-state index contributed by atoms with van der Waals surface area (Å²) in [5, 5.41) is 64.5. The number of aromatic amines is 3. The lowest BCUT2D eigenvalue weighted by Crippen LogP contribution is -2.58. The highest BCUT2D eigenvalue weighted by Crippen LogP contribution is 2.46. The molecule has 2 aliphatic rings. The van der Waals surface area contributed by atoms with Crippen molar-refractivity contribution in [3.05, 3.63) is 148 Å². The summed E-state index contributed by atoms with van der Waals surface area (Å²) >= 11 is 7.18. The topological polar surface area (TPSA) is 667 Å². The van der Waals surface area contributed by atoms with Crippen LogP contribution >= 0.6 is 23.4 Å². The third-order valence-electron chi connectivity index (χ3n) is 19.0. The molecule has 1 fully saturated rings. The number of rotatable bonds is 36. The third kappa shape index (κ3) is 23.9. The van der Waals surface area contributed by atoms with Crippen molar-refractivity contribution in [2.45, 2.75) is 121 Å². The number of aromatic nitrogens is 6. The molecule has 0 bridgehead atoms. The van der Waals surface area contributed by atoms with Crippen LogP contribution in [0.2, 0.25) is 0 Å². The number of anilines is 5. The van der Waals surface area contributed by atoms with Crippen LogP contribution < -0.4 is 80.4 Å². The van der Waals surface area contributed by atoms with Gasteiger partial charge in [0.2, 0.25) is 41.4 Å². The minimum Gasteiger partial charge on any atom is -0.481 e. The molecule has 650 valence electrons. The Labute approximate surface area is 710 Å². The highest BCUT2D eigenvalue weighted by atomic mass is 35.5. The minimum atomic E-state index is -1.99. The van der Waals surface area contributed by atoms with Crippen LogP contribution in [0.1, 0.15) is 121 Å². The molecule has 43 nitrogen and oxygen atoms in total. The molecule has 1 saturated heterocycles. The predicted octanol–water partition coefficient (Wildman–Crippen LogP) is 3.26. The number of amides is 11. The summed E-state index contributed by atoms with van der Waals surface area (Å²) < 4.78 is 5.56. The Bertz CT molecular complexity index is 5830. The summed E-state index contributed by atoms with van der Waals surface area (Å²) in [6.07, 6.45) is -2.71. The van der Waals surface area contributed by atoms with Gasteiger partial charge in [0, 0.05) is 119 Å². The maximum atomic E-state index is 14.0. The van der Waals surface area contributed by atoms with Gasteiger partial charge in [0.05, 0.1) is 42.2 Å². The number of carboxylic acids is 4. The molecule has 4 aromatic heterocycles. The SMILES string of the molecule is CC(=O)Oc1cc2c(c3ccccc13)C(CCl)CN2C(=O)c1cc2cc(NC(=O)c3cc4cc(NC(=O)NN=C(C)C)ccc4[nH]3)ccc2[nH]1.CCN1C(=O)CC(SC[C@H](NC(=O)[C@H](CC(=O)O)NC(=O)[C@H](CCCN=C(N)N)NC(=O)[C@H](CC(=O)O)NC(=O)CC[C@H](NC(=O)c2ccc(NCc3cnc4nc(N)[nH]c(=O)c4n3)cc2)C(=O)O)C(=O)O)C1=O. The molecule has 11 amide bonds. The lowest BCUT2D eigenvalue weighted by atomic mass is 9.95. The minimum absolute atomic E-state index is 0.0113. The molecule has 9 aromatic rings. The van der Waals surface area contributed by atoms with Crippen molar-refractivity contribution in [1.29, 1.82) is 0 Å². The average molecular weight is 1750 g/mol. The van der Waals surface area contributed by atoms with Gasteiger partial charge in [0.25, 0.3) is 23.3 Å². The second-order valence-electron chi connectivity index (χ2n) is 28.4. The first-order valence-electron chi connectivity index (χ1n) is 38.1. The molecule has 0 radical (unpaired) electrons. The zero-order valence-corrected chi connectivity index (χ0v) is 68.1. The number of H-pyrrole nitrogens is 3. The molecule has 11 rings (SSSR count). The molecule has 0 aliphatic carbocycles. The summed E-state index contributed by atoms with van der Waals surface area (Å²) in [4.78, 5) is 230. The van der Waals surface area contributed by atoms with E-state index < -0.39 is 150 Å². The van der Waals surface area contributed by atoms with Gasteiger partial charge in [0.1, 0.15) is 47.3 Å². The molecule has 2 aliphatic heterocycles. The van der Waals surface area contributed by atoms with E-state index in [4.69, 9.17) is 33.5 Å². The van der Waals surface area contributed by atoms with E-state index in [1.165, 1.54) is 37.4 Å². The number of nitrogens with two attached hydrogens (primary N) is 3. The molecular formula is C79H85ClN22O21S. The van der Waals surface area contributed by atoms with Gasteiger partial charge in [0.15, 0.2) is 17.1 Å². The molecule has 22 N–H and O–H groups in total. The summed E-state index contributed by atoms with van der Waals surface area (Å²) in [6.45, 7) is 6.87. The Hall–Kier alpha value is -15.1. The van der Waals surface area contributed by atoms with E-state index in [9.17, 15) is 97.1 Å². The number of likely N-dealkylation sites (tertiary alicyclic amines) is 1. The number of nitrogens with one attached hydrogen (secondary N) is 12. The van der Waals surface area contributed by atoms with E-state index in [1.54, 1.807) is 80.3 Å². The number of guanidine groups is 1. The Balaban J connectivity index is 0.000000278. The normalized spacial score (nSPS) is 14.5. The summed E-state index contributed by atoms with van der Waals surface area (Å²) in [5.74, 6) is -14.6. The van der Waals surface area contributed by atoms with Crippen LogP contribution in [0.4, 0.5) is 33.5 Å². The number of imide groups is 1. The maximum absolute atomic E-state index is 14.0. The lowest BCUT2D eigenvalue weighted by Gasteiger charge is -2.25. The first-order valence-corrected chi connectivity index (χ1v) is 39.7. The zero-order valence-electron chi connectivity index (χ0n) is 66.5. The summed E-state index contributed by atoms with van der Waals surface area (Å²) in [5.41, 5.74) is 24.5. The molecule has 6 heterocycles. The number of halogens is 1. The van der Waals surface area contributed by atoms with E-state index in [0.717, 1.165) is 49.3 Å². The Kier molecular flexibility index (Phi) is 30.3. The fourth-order valence-corrected chi connectivity index (χ4v) is 14.6. The van der Waals surface area contributed by atoms with E-state index in [0.29, 0.717) is 69.2 Å². The number of thioether (sulfide) groups is 1. The number of hydrazone groups is 1. The Morgan fingerprint density at radius 2 is 1.28 bits per heavy atom. The number of nitrogen functional groups attached to an aromatic ring is 1. The van der Waals surface area contributed by atoms with Crippen molar-refractivity contribution < 1.29 is 97.1 Å². The number of carbonyl (C=O) groups is 15. The molecule has 2 unspecified atom stereocenters. The number of urea groups is 1. The number of carbonyl (C=O) groups excluding carboxylic acids is 11. The second-order valence-corrected chi connectivity index (χ2v) is 29.9. The number of alkyl halides is 1. The molecule has 5 aromatic carbocycles. The lowest BCUT2D eigenvalue weighted by molar-refractivity contribution is -0.143. The van der Waals surface area contributed by atoms with Crippen molar-refractivity contribution in [3.63, 3.8) is 0 Å². The van der Waals surface area contributed by atoms with Crippen LogP contribution in [0.25, 0.3) is 43.7 Å². The number of aliphatic imine (C=N–C) groups is 1. The number of esters is 1. The average Bonchev–Trinajstić information content (AvgIpc) is 1.56. The van der Waals surface area contributed by atoms with Crippen LogP contribution in [0, 0.1) is 0 Å². The molecular weight excluding hydrogens is 1660 g/mol. The van der Waals surface area contributed by atoms with E-state index in [1.807, 2.05) is 24.3 Å². The molecule has 0 saturated carbocycles. The van der Waals surface area contributed by atoms with Gasteiger partial charge in [-0.1, -0.05) is 24.3 Å². The van der Waals surface area contributed by atoms with E-state index in [2.05, 4.69) is 88.0 Å². The number of fused-ring (bicyclic) bond motifs is 6. The van der Waals surface area contributed by atoms with Crippen molar-refractivity contribution in [2.75, 3.05) is 57.9 Å². The molecule has 124 heavy (non-hydrogen) atoms. The standard InChI is InChI=1S/C42H53N15O16S.C37H32ClN7O5/c1-2-57-28(59)14-26(38(57)69)74-17-25(40(72)73)54-36(67)24(13-30(62)63)53-34(65)21(4-3-11-46-41(43)44)51-35(66)23(12-29(60)61)50-27(58)10-9-22(39(70)71)52-33(64)18-5-7-19(8-6-18)47-15-20-16-48-32-31(49-20)37(68)56-42(45)55-32;1-19(2)43-44-37(49)40-25-9-11-28-21(13-25)14-30(41-28)35(47)39-24-8-10-29-22(12-24)15-31(42-29)36(48)45-18-23(17-38)34-27-7-5-4-6-26(27)33(16-32(34)45)50-20(3)46/h5-8,16,21-26,47H,2-4,9-15,17H2,1H3,(H,50,58)(H,51,66)(H,52,64)(H,53,65)(H,54,67)(H,60,61)(H,62,63)(H,70,71)(H,72,73)(H4,43,44,46)(H3,45,48,55,56,68);4-16,23,41-42H,17-18H2,1-3H3,(H,39,47)(H2,40,44,49)/t21-,22-,23-,24-,25-,26?;/m0./s1. The number of hydrogen-bond donors (Lipinski definition) is 19. The molecule has 45 heteroatoms. The smallest absolute Gasteiger partial charge is 0.339 e. The van der Waals surface area contributed by atoms with E-state index >= 15 is 0 Å². The predicted molar refractivity (Wildman–Crippen MR) is 453 cm³/mol. The number of hydrogen-bond acceptors (Lipinski definition) is 25. The number of aliphatic carboxylic acids is 4. The van der Waals surface area contributed by atoms with Gasteiger partial charge in [-0.15, -0.1) is 23.4 Å². The van der Waals surface area contributed by atoms with Crippen molar-refractivity contribution >= 4 is 197 Å². The number of carboxylic acid groups (broad SMARTS) is 4. The number of benzene rings is 5. The van der Waals surface area contributed by atoms with Crippen molar-refractivity contribution in [2.24, 2.45) is 21.6 Å². The highest BCUT2D eigenvalue weighted by Gasteiger charge is 2.41. The quantitative estimate of drug-likeness (QED) is 0.00391. The number of nitrogens with zero attached hydrogens (tertiary/aromatic N) is 7. The fraction of sp³-hybridized carbons (Fsp3) is 0.304. The monoisotopic (exact) mass is 1740 g/mol. The number of ether oxygens (including phenoxy) is 1. The van der Waals surface area contributed by atoms with Gasteiger partial charge in [-0.25, -0.2) is 29.8 Å². The van der Waals surface area contributed by atoms with Crippen LogP contribution in [0.5, 0.6) is 5.75 Å². The summed E-state index contributed by atoms with van der Waals surface area (Å²) in [6, 6.07) is 19.6. The third-order valence-corrected chi connectivity index (χ3v) is 20.7. The first kappa shape index (κ1) is 91.2. The van der Waals surface area contributed by atoms with Gasteiger partial charge in [-0.05, 0) is 124 Å². The summed E-state index contributed by atoms with van der Waals surface area (Å²) in [7, 11) is 0. The Morgan fingerprint density at radius 3 is 1.90 bits per heavy atom. The van der Waals surface area contributed by atoms with Crippen LogP contribution in [-0.2, 0) is 59.3 Å². The molecule has 0 spiro atoms. The second kappa shape index (κ2) is 41.2. The van der Waals surface area contributed by atoms with Crippen LogP contribution in [0.15, 0.2) is 124 Å². The van der Waals surface area contributed by atoms with Crippen molar-refractivity contribution in [1.82, 2.24) is 66.8 Å². The highest BCUT2D eigenvalue weighted by molar-refractivity contribution is 8.00. The largest absolute Gasteiger partial charge is 0.481 e. The van der Waals surface area contributed by atoms with E-state index in [-0.39, 0.29) is 85.3 Å². The maximum Gasteiger partial charge on any atom is 0.339 e. The van der Waals surface area contributed by atoms with Gasteiger partial charge < -0.3 is 99.8 Å². The zero-order chi connectivity index (χ0) is 89.9. The van der Waals surface area contributed by atoms with Gasteiger partial charge in [-0.2, -0.15) is 10.1 Å². The van der Waals surface area contributed by atoms with Crippen LogP contribution in [-0.4, -0.2) is 223 Å². The van der Waals surface area contributed by atoms with Crippen molar-refractivity contribution in [3.8, 4) is 5.75 Å². The fourth-order valence-electron chi connectivity index (χ4n) is 13.2. The molecule has 7 atom stereocenters. The Morgan fingerprint density at radius 1 is 0.677 bits per heavy atom. The van der Waals surface area contributed by atoms with Gasteiger partial charge >= 0.3 is 35.9 Å². The van der Waals surface area contributed by atoms with Crippen LogP contribution in [0.3, 0.4) is 0 Å². The van der Waals surface area contributed by atoms with Gasteiger partial charge in [-0.3, -0.25) is 77.2 Å².